The molecule has 146 valence electrons. The van der Waals surface area contributed by atoms with Gasteiger partial charge in [-0.15, -0.1) is 10.2 Å². The Hall–Kier alpha value is -2.40. The number of aromatic nitrogens is 4. The normalized spacial score (nSPS) is 16.6. The van der Waals surface area contributed by atoms with E-state index in [0.717, 1.165) is 31.2 Å². The van der Waals surface area contributed by atoms with E-state index in [1.165, 1.54) is 0 Å². The maximum Gasteiger partial charge on any atom is 0.325 e. The number of thioether (sulfide) groups is 1. The van der Waals surface area contributed by atoms with Crippen molar-refractivity contribution >= 4 is 17.7 Å². The Morgan fingerprint density at radius 2 is 2.15 bits per heavy atom. The van der Waals surface area contributed by atoms with Gasteiger partial charge in [-0.2, -0.15) is 0 Å². The SMILES string of the molecule is Cc1[nH]c(=O)[nH]c(=O)c1CCc1nnc(SCC(=O)NC[C@H]2CCCO2)o1. The van der Waals surface area contributed by atoms with Crippen LogP contribution in [-0.4, -0.2) is 51.1 Å². The first-order chi connectivity index (χ1) is 13.0. The molecule has 2 aromatic heterocycles. The number of aromatic amines is 2. The van der Waals surface area contributed by atoms with E-state index in [0.29, 0.717) is 41.8 Å². The molecular formula is C16H21N5O5S. The molecule has 1 saturated heterocycles. The monoisotopic (exact) mass is 395 g/mol. The Kier molecular flexibility index (Phi) is 6.45. The minimum absolute atomic E-state index is 0.105. The lowest BCUT2D eigenvalue weighted by Crippen LogP contribution is -2.32. The Morgan fingerprint density at radius 3 is 2.89 bits per heavy atom. The van der Waals surface area contributed by atoms with Gasteiger partial charge in [0.2, 0.25) is 11.8 Å². The number of H-pyrrole nitrogens is 2. The summed E-state index contributed by atoms with van der Waals surface area (Å²) in [4.78, 5) is 39.6. The predicted octanol–water partition coefficient (Wildman–Crippen LogP) is -0.0729. The summed E-state index contributed by atoms with van der Waals surface area (Å²) < 4.78 is 10.9. The van der Waals surface area contributed by atoms with Crippen LogP contribution in [0.5, 0.6) is 0 Å². The topological polar surface area (TPSA) is 143 Å². The van der Waals surface area contributed by atoms with E-state index in [9.17, 15) is 14.4 Å². The van der Waals surface area contributed by atoms with Gasteiger partial charge in [0.15, 0.2) is 0 Å². The molecule has 11 heteroatoms. The van der Waals surface area contributed by atoms with Crippen LogP contribution in [0.1, 0.15) is 30.0 Å². The molecule has 1 aliphatic heterocycles. The van der Waals surface area contributed by atoms with Crippen molar-refractivity contribution < 1.29 is 13.9 Å². The molecule has 2 aromatic rings. The Balaban J connectivity index is 1.45. The molecule has 0 unspecified atom stereocenters. The van der Waals surface area contributed by atoms with Gasteiger partial charge < -0.3 is 19.5 Å². The number of carbonyl (C=O) groups is 1. The second kappa shape index (κ2) is 9.00. The molecule has 10 nitrogen and oxygen atoms in total. The van der Waals surface area contributed by atoms with Gasteiger partial charge in [0.25, 0.3) is 10.8 Å². The zero-order valence-electron chi connectivity index (χ0n) is 14.9. The largest absolute Gasteiger partial charge is 0.416 e. The van der Waals surface area contributed by atoms with E-state index in [-0.39, 0.29) is 17.8 Å². The first-order valence-corrected chi connectivity index (χ1v) is 9.65. The van der Waals surface area contributed by atoms with Crippen LogP contribution in [0.15, 0.2) is 19.2 Å². The van der Waals surface area contributed by atoms with E-state index < -0.39 is 11.2 Å². The molecule has 0 bridgehead atoms. The number of ether oxygens (including phenoxy) is 1. The highest BCUT2D eigenvalue weighted by molar-refractivity contribution is 7.99. The second-order valence-corrected chi connectivity index (χ2v) is 7.13. The molecule has 1 aliphatic rings. The number of amides is 1. The van der Waals surface area contributed by atoms with Gasteiger partial charge in [-0.05, 0) is 26.2 Å². The standard InChI is InChI=1S/C16H21N5O5S/c1-9-11(14(23)19-15(24)18-9)4-5-13-20-21-16(26-13)27-8-12(22)17-7-10-3-2-6-25-10/h10H,2-8H2,1H3,(H,17,22)(H2,18,19,23,24)/t10-/m1/s1. The molecule has 0 spiro atoms. The molecule has 0 saturated carbocycles. The summed E-state index contributed by atoms with van der Waals surface area (Å²) in [6, 6.07) is 0. The molecule has 1 atom stereocenters. The lowest BCUT2D eigenvalue weighted by atomic mass is 10.1. The second-order valence-electron chi connectivity index (χ2n) is 6.20. The fourth-order valence-corrected chi connectivity index (χ4v) is 3.38. The number of hydrogen-bond donors (Lipinski definition) is 3. The van der Waals surface area contributed by atoms with Crippen LogP contribution in [-0.2, 0) is 22.4 Å². The van der Waals surface area contributed by atoms with E-state index in [1.807, 2.05) is 0 Å². The van der Waals surface area contributed by atoms with E-state index in [1.54, 1.807) is 6.92 Å². The Bertz CT molecular complexity index is 899. The molecule has 3 rings (SSSR count). The van der Waals surface area contributed by atoms with E-state index >= 15 is 0 Å². The van der Waals surface area contributed by atoms with Crippen molar-refractivity contribution in [2.45, 2.75) is 43.9 Å². The third kappa shape index (κ3) is 5.54. The summed E-state index contributed by atoms with van der Waals surface area (Å²) in [6.45, 7) is 2.93. The molecule has 1 amide bonds. The number of aryl methyl sites for hydroxylation is 2. The Morgan fingerprint density at radius 1 is 1.30 bits per heavy atom. The number of carbonyl (C=O) groups excluding carboxylic acids is 1. The molecule has 1 fully saturated rings. The van der Waals surface area contributed by atoms with Gasteiger partial charge in [0, 0.05) is 30.8 Å². The van der Waals surface area contributed by atoms with Crippen LogP contribution in [0.4, 0.5) is 0 Å². The molecule has 0 aromatic carbocycles. The van der Waals surface area contributed by atoms with Crippen LogP contribution >= 0.6 is 11.8 Å². The smallest absolute Gasteiger partial charge is 0.325 e. The lowest BCUT2D eigenvalue weighted by Gasteiger charge is -2.09. The highest BCUT2D eigenvalue weighted by Crippen LogP contribution is 2.17. The van der Waals surface area contributed by atoms with Gasteiger partial charge in [-0.1, -0.05) is 11.8 Å². The first-order valence-electron chi connectivity index (χ1n) is 8.67. The fraction of sp³-hybridized carbons (Fsp3) is 0.562. The van der Waals surface area contributed by atoms with Crippen LogP contribution in [0, 0.1) is 6.92 Å². The van der Waals surface area contributed by atoms with Gasteiger partial charge in [-0.25, -0.2) is 4.79 Å². The minimum Gasteiger partial charge on any atom is -0.416 e. The summed E-state index contributed by atoms with van der Waals surface area (Å²) >= 11 is 1.15. The summed E-state index contributed by atoms with van der Waals surface area (Å²) in [6.07, 6.45) is 2.82. The van der Waals surface area contributed by atoms with Crippen LogP contribution in [0.25, 0.3) is 0 Å². The van der Waals surface area contributed by atoms with Gasteiger partial charge >= 0.3 is 5.69 Å². The highest BCUT2D eigenvalue weighted by Gasteiger charge is 2.17. The van der Waals surface area contributed by atoms with Crippen molar-refractivity contribution in [2.75, 3.05) is 18.9 Å². The third-order valence-electron chi connectivity index (χ3n) is 4.17. The molecule has 0 radical (unpaired) electrons. The van der Waals surface area contributed by atoms with Crippen LogP contribution in [0.2, 0.25) is 0 Å². The average Bonchev–Trinajstić information content (AvgIpc) is 3.29. The minimum atomic E-state index is -0.532. The van der Waals surface area contributed by atoms with E-state index in [2.05, 4.69) is 25.5 Å². The molecule has 3 N–H and O–H groups in total. The van der Waals surface area contributed by atoms with Crippen molar-refractivity contribution in [3.63, 3.8) is 0 Å². The number of rotatable bonds is 8. The van der Waals surface area contributed by atoms with Crippen molar-refractivity contribution in [1.82, 2.24) is 25.5 Å². The summed E-state index contributed by atoms with van der Waals surface area (Å²) in [5, 5.41) is 10.9. The molecule has 27 heavy (non-hydrogen) atoms. The highest BCUT2D eigenvalue weighted by atomic mass is 32.2. The average molecular weight is 395 g/mol. The molecular weight excluding hydrogens is 374 g/mol. The van der Waals surface area contributed by atoms with Crippen molar-refractivity contribution in [3.8, 4) is 0 Å². The zero-order chi connectivity index (χ0) is 19.2. The van der Waals surface area contributed by atoms with Crippen molar-refractivity contribution in [1.29, 1.82) is 0 Å². The summed E-state index contributed by atoms with van der Waals surface area (Å²) in [7, 11) is 0. The molecule has 0 aliphatic carbocycles. The number of hydrogen-bond acceptors (Lipinski definition) is 8. The molecule has 3 heterocycles. The summed E-state index contributed by atoms with van der Waals surface area (Å²) in [5.41, 5.74) is 0.0278. The maximum absolute atomic E-state index is 11.8. The summed E-state index contributed by atoms with van der Waals surface area (Å²) in [5.74, 6) is 0.417. The zero-order valence-corrected chi connectivity index (χ0v) is 15.7. The van der Waals surface area contributed by atoms with E-state index in [4.69, 9.17) is 9.15 Å². The van der Waals surface area contributed by atoms with Gasteiger partial charge in [0.1, 0.15) is 0 Å². The maximum atomic E-state index is 11.8. The van der Waals surface area contributed by atoms with Gasteiger partial charge in [0.05, 0.1) is 11.9 Å². The fourth-order valence-electron chi connectivity index (χ4n) is 2.77. The predicted molar refractivity (Wildman–Crippen MR) is 96.8 cm³/mol. The van der Waals surface area contributed by atoms with Crippen molar-refractivity contribution in [3.05, 3.63) is 38.0 Å². The Labute approximate surface area is 158 Å². The van der Waals surface area contributed by atoms with Crippen LogP contribution < -0.4 is 16.6 Å². The third-order valence-corrected chi connectivity index (χ3v) is 4.99. The lowest BCUT2D eigenvalue weighted by molar-refractivity contribution is -0.119. The quantitative estimate of drug-likeness (QED) is 0.527. The number of nitrogens with zero attached hydrogens (tertiary/aromatic N) is 2. The van der Waals surface area contributed by atoms with Gasteiger partial charge in [-0.3, -0.25) is 14.6 Å². The first kappa shape index (κ1) is 19.4. The van der Waals surface area contributed by atoms with Crippen LogP contribution in [0.3, 0.4) is 0 Å². The number of nitrogens with one attached hydrogen (secondary N) is 3. The van der Waals surface area contributed by atoms with Crippen molar-refractivity contribution in [2.24, 2.45) is 0 Å².